The third-order valence-corrected chi connectivity index (χ3v) is 5.09. The van der Waals surface area contributed by atoms with Gasteiger partial charge in [-0.25, -0.2) is 0 Å². The summed E-state index contributed by atoms with van der Waals surface area (Å²) in [7, 11) is 1.95. The van der Waals surface area contributed by atoms with E-state index in [9.17, 15) is 9.90 Å². The predicted octanol–water partition coefficient (Wildman–Crippen LogP) is 5.05. The zero-order chi connectivity index (χ0) is 17.6. The van der Waals surface area contributed by atoms with Gasteiger partial charge in [0.15, 0.2) is 0 Å². The van der Waals surface area contributed by atoms with E-state index in [1.807, 2.05) is 54.1 Å². The molecule has 1 heterocycles. The molecule has 0 aliphatic rings. The molecule has 25 heavy (non-hydrogen) atoms. The summed E-state index contributed by atoms with van der Waals surface area (Å²) in [6.45, 7) is 0. The van der Waals surface area contributed by atoms with Gasteiger partial charge in [-0.3, -0.25) is 4.79 Å². The van der Waals surface area contributed by atoms with Crippen LogP contribution in [0.1, 0.15) is 10.4 Å². The van der Waals surface area contributed by atoms with Crippen molar-refractivity contribution in [3.63, 3.8) is 0 Å². The van der Waals surface area contributed by atoms with E-state index < -0.39 is 0 Å². The largest absolute Gasteiger partial charge is 0.507 e. The summed E-state index contributed by atoms with van der Waals surface area (Å²) in [6, 6.07) is 18.7. The van der Waals surface area contributed by atoms with Crippen LogP contribution in [0, 0.1) is 0 Å². The minimum absolute atomic E-state index is 0.0389. The molecule has 0 bridgehead atoms. The van der Waals surface area contributed by atoms with Crippen molar-refractivity contribution in [2.24, 2.45) is 7.05 Å². The summed E-state index contributed by atoms with van der Waals surface area (Å²) in [5.74, 6) is -0.387. The van der Waals surface area contributed by atoms with Crippen LogP contribution in [0.25, 0.3) is 21.8 Å². The molecule has 4 aromatic rings. The van der Waals surface area contributed by atoms with Crippen molar-refractivity contribution in [3.05, 3.63) is 70.7 Å². The lowest BCUT2D eigenvalue weighted by Crippen LogP contribution is -2.12. The van der Waals surface area contributed by atoms with Crippen LogP contribution in [0.3, 0.4) is 0 Å². The summed E-state index contributed by atoms with van der Waals surface area (Å²) >= 11 is 3.41. The van der Waals surface area contributed by atoms with E-state index in [2.05, 4.69) is 21.2 Å². The van der Waals surface area contributed by atoms with Crippen LogP contribution in [0.4, 0.5) is 5.69 Å². The Labute approximate surface area is 152 Å². The van der Waals surface area contributed by atoms with E-state index in [-0.39, 0.29) is 17.2 Å². The van der Waals surface area contributed by atoms with Crippen LogP contribution in [0.2, 0.25) is 0 Å². The van der Waals surface area contributed by atoms with Crippen LogP contribution >= 0.6 is 15.9 Å². The van der Waals surface area contributed by atoms with Crippen molar-refractivity contribution in [3.8, 4) is 5.75 Å². The molecule has 4 nitrogen and oxygen atoms in total. The van der Waals surface area contributed by atoms with Crippen LogP contribution in [-0.4, -0.2) is 15.6 Å². The van der Waals surface area contributed by atoms with Gasteiger partial charge in [-0.2, -0.15) is 0 Å². The second kappa shape index (κ2) is 5.93. The molecular formula is C20H15BrN2O2. The third kappa shape index (κ3) is 2.57. The number of aromatic nitrogens is 1. The molecule has 0 saturated carbocycles. The molecule has 3 aromatic carbocycles. The molecule has 1 amide bonds. The molecule has 4 rings (SSSR count). The highest BCUT2D eigenvalue weighted by molar-refractivity contribution is 9.10. The summed E-state index contributed by atoms with van der Waals surface area (Å²) in [4.78, 5) is 12.7. The van der Waals surface area contributed by atoms with Crippen molar-refractivity contribution in [1.29, 1.82) is 0 Å². The number of fused-ring (bicyclic) bond motifs is 3. The van der Waals surface area contributed by atoms with Gasteiger partial charge < -0.3 is 15.0 Å². The first-order chi connectivity index (χ1) is 12.1. The Kier molecular flexibility index (Phi) is 3.73. The number of nitrogens with one attached hydrogen (secondary N) is 1. The van der Waals surface area contributed by atoms with Gasteiger partial charge in [0.2, 0.25) is 0 Å². The van der Waals surface area contributed by atoms with Crippen molar-refractivity contribution in [2.75, 3.05) is 5.32 Å². The van der Waals surface area contributed by atoms with Crippen molar-refractivity contribution >= 4 is 49.3 Å². The van der Waals surface area contributed by atoms with Gasteiger partial charge in [0.05, 0.1) is 16.8 Å². The van der Waals surface area contributed by atoms with Crippen LogP contribution in [0.15, 0.2) is 65.1 Å². The fourth-order valence-electron chi connectivity index (χ4n) is 3.13. The molecule has 1 aromatic heterocycles. The molecule has 124 valence electrons. The van der Waals surface area contributed by atoms with Crippen molar-refractivity contribution < 1.29 is 9.90 Å². The molecular weight excluding hydrogens is 380 g/mol. The number of carbonyl (C=O) groups is 1. The Balaban J connectivity index is 1.85. The average Bonchev–Trinajstić information content (AvgIpc) is 2.89. The number of para-hydroxylation sites is 2. The van der Waals surface area contributed by atoms with E-state index in [1.165, 1.54) is 0 Å². The number of nitrogens with zero attached hydrogens (tertiary/aromatic N) is 1. The van der Waals surface area contributed by atoms with Crippen LogP contribution < -0.4 is 5.32 Å². The van der Waals surface area contributed by atoms with Gasteiger partial charge in [0, 0.05) is 33.9 Å². The fourth-order valence-corrected chi connectivity index (χ4v) is 3.51. The zero-order valence-corrected chi connectivity index (χ0v) is 15.0. The molecule has 0 atom stereocenters. The van der Waals surface area contributed by atoms with E-state index >= 15 is 0 Å². The van der Waals surface area contributed by atoms with E-state index in [0.717, 1.165) is 26.3 Å². The average molecular weight is 395 g/mol. The number of hydrogen-bond acceptors (Lipinski definition) is 2. The fraction of sp³-hybridized carbons (Fsp3) is 0.0500. The van der Waals surface area contributed by atoms with Crippen LogP contribution in [0.5, 0.6) is 5.75 Å². The Morgan fingerprint density at radius 2 is 1.72 bits per heavy atom. The lowest BCUT2D eigenvalue weighted by Gasteiger charge is -2.09. The summed E-state index contributed by atoms with van der Waals surface area (Å²) < 4.78 is 2.80. The van der Waals surface area contributed by atoms with Gasteiger partial charge in [-0.1, -0.05) is 30.3 Å². The van der Waals surface area contributed by atoms with E-state index in [0.29, 0.717) is 5.69 Å². The monoisotopic (exact) mass is 394 g/mol. The van der Waals surface area contributed by atoms with E-state index in [1.54, 1.807) is 18.2 Å². The highest BCUT2D eigenvalue weighted by Gasteiger charge is 2.17. The smallest absolute Gasteiger partial charge is 0.259 e. The molecule has 0 fully saturated rings. The Morgan fingerprint density at radius 1 is 1.00 bits per heavy atom. The SMILES string of the molecule is Cn1c2ccccc2c2cc(C(=O)Nc3ccccc3Br)c(O)cc21. The summed E-state index contributed by atoms with van der Waals surface area (Å²) in [5, 5.41) is 15.2. The second-order valence-electron chi connectivity index (χ2n) is 5.90. The Morgan fingerprint density at radius 3 is 2.52 bits per heavy atom. The van der Waals surface area contributed by atoms with Gasteiger partial charge in [0.25, 0.3) is 5.91 Å². The van der Waals surface area contributed by atoms with Gasteiger partial charge in [0.1, 0.15) is 5.75 Å². The van der Waals surface area contributed by atoms with Gasteiger partial charge in [-0.05, 0) is 40.2 Å². The lowest BCUT2D eigenvalue weighted by molar-refractivity contribution is 0.102. The normalized spacial score (nSPS) is 11.1. The van der Waals surface area contributed by atoms with Crippen LogP contribution in [-0.2, 0) is 7.05 Å². The highest BCUT2D eigenvalue weighted by Crippen LogP contribution is 2.33. The third-order valence-electron chi connectivity index (χ3n) is 4.40. The Bertz CT molecular complexity index is 1130. The molecule has 2 N–H and O–H groups in total. The highest BCUT2D eigenvalue weighted by atomic mass is 79.9. The number of benzene rings is 3. The number of phenolic OH excluding ortho intramolecular Hbond substituents is 1. The molecule has 0 aliphatic heterocycles. The predicted molar refractivity (Wildman–Crippen MR) is 104 cm³/mol. The molecule has 0 saturated heterocycles. The maximum absolute atomic E-state index is 12.7. The zero-order valence-electron chi connectivity index (χ0n) is 13.5. The number of hydrogen-bond donors (Lipinski definition) is 2. The first-order valence-corrected chi connectivity index (χ1v) is 8.61. The number of carbonyl (C=O) groups excluding carboxylic acids is 1. The first-order valence-electron chi connectivity index (χ1n) is 7.82. The van der Waals surface area contributed by atoms with Crippen molar-refractivity contribution in [1.82, 2.24) is 4.57 Å². The number of phenols is 1. The van der Waals surface area contributed by atoms with Gasteiger partial charge >= 0.3 is 0 Å². The first kappa shape index (κ1) is 15.7. The standard InChI is InChI=1S/C20H15BrN2O2/c1-23-17-9-5-2-6-12(17)13-10-14(19(24)11-18(13)23)20(25)22-16-8-4-3-7-15(16)21/h2-11,24H,1H3,(H,22,25). The number of aromatic hydroxyl groups is 1. The Hall–Kier alpha value is -2.79. The minimum Gasteiger partial charge on any atom is -0.507 e. The molecule has 0 aliphatic carbocycles. The number of amides is 1. The quantitative estimate of drug-likeness (QED) is 0.499. The van der Waals surface area contributed by atoms with E-state index in [4.69, 9.17) is 0 Å². The maximum Gasteiger partial charge on any atom is 0.259 e. The topological polar surface area (TPSA) is 54.3 Å². The maximum atomic E-state index is 12.7. The van der Waals surface area contributed by atoms with Crippen molar-refractivity contribution in [2.45, 2.75) is 0 Å². The molecule has 5 heteroatoms. The molecule has 0 radical (unpaired) electrons. The lowest BCUT2D eigenvalue weighted by atomic mass is 10.1. The number of rotatable bonds is 2. The number of aryl methyl sites for hydroxylation is 1. The number of halogens is 1. The van der Waals surface area contributed by atoms with Gasteiger partial charge in [-0.15, -0.1) is 0 Å². The summed E-state index contributed by atoms with van der Waals surface area (Å²) in [6.07, 6.45) is 0. The number of anilines is 1. The minimum atomic E-state index is -0.348. The molecule has 0 spiro atoms. The summed E-state index contributed by atoms with van der Waals surface area (Å²) in [5.41, 5.74) is 2.85. The second-order valence-corrected chi connectivity index (χ2v) is 6.75. The molecule has 0 unspecified atom stereocenters.